The van der Waals surface area contributed by atoms with Crippen LogP contribution in [-0.4, -0.2) is 45.4 Å². The number of benzene rings is 1. The van der Waals surface area contributed by atoms with Crippen molar-refractivity contribution >= 4 is 5.97 Å². The number of piperidine rings is 1. The van der Waals surface area contributed by atoms with Gasteiger partial charge in [0.2, 0.25) is 0 Å². The number of aliphatic hydroxyl groups excluding tert-OH is 1. The number of hydrogen-bond acceptors (Lipinski definition) is 5. The number of carbonyl (C=O) groups is 1. The zero-order valence-electron chi connectivity index (χ0n) is 16.0. The topological polar surface area (TPSA) is 86.8 Å². The smallest absolute Gasteiger partial charge is 0.313 e. The molecule has 0 unspecified atom stereocenters. The maximum Gasteiger partial charge on any atom is 0.313 e. The van der Waals surface area contributed by atoms with Crippen LogP contribution in [0, 0.1) is 19.3 Å². The SMILES string of the molecule is Cc1noc(C)c1CN1CC[C@@H](O)[C@](CCCc2ccccc2)(C(=O)O)C1. The standard InChI is InChI=1S/C21H28N2O4/c1-15-18(16(2)27-22-15)13-23-12-10-19(24)21(14-23,20(25)26)11-6-9-17-7-4-3-5-8-17/h3-5,7-8,19,24H,6,9-14H2,1-2H3,(H,25,26)/t19-,21-/m1/s1. The normalized spacial score (nSPS) is 23.4. The fraction of sp³-hybridized carbons (Fsp3) is 0.524. The Bertz CT molecular complexity index is 754. The summed E-state index contributed by atoms with van der Waals surface area (Å²) in [5.74, 6) is -0.143. The minimum absolute atomic E-state index is 0.336. The first kappa shape index (κ1) is 19.6. The van der Waals surface area contributed by atoms with Crippen molar-refractivity contribution in [3.8, 4) is 0 Å². The van der Waals surface area contributed by atoms with Gasteiger partial charge in [-0.2, -0.15) is 0 Å². The third-order valence-corrected chi connectivity index (χ3v) is 5.78. The summed E-state index contributed by atoms with van der Waals surface area (Å²) in [6, 6.07) is 10.1. The number of aromatic nitrogens is 1. The van der Waals surface area contributed by atoms with Gasteiger partial charge in [0.1, 0.15) is 11.2 Å². The molecule has 1 fully saturated rings. The maximum atomic E-state index is 12.2. The van der Waals surface area contributed by atoms with E-state index in [4.69, 9.17) is 4.52 Å². The first-order chi connectivity index (χ1) is 12.9. The fourth-order valence-corrected chi connectivity index (χ4v) is 4.07. The number of carboxylic acids is 1. The number of aryl methyl sites for hydroxylation is 3. The molecule has 1 aliphatic rings. The van der Waals surface area contributed by atoms with Crippen molar-refractivity contribution in [3.05, 3.63) is 52.9 Å². The molecule has 0 amide bonds. The lowest BCUT2D eigenvalue weighted by atomic mass is 9.73. The zero-order valence-corrected chi connectivity index (χ0v) is 16.0. The first-order valence-electron chi connectivity index (χ1n) is 9.52. The van der Waals surface area contributed by atoms with Gasteiger partial charge in [0.25, 0.3) is 0 Å². The molecule has 27 heavy (non-hydrogen) atoms. The number of likely N-dealkylation sites (tertiary alicyclic amines) is 1. The van der Waals surface area contributed by atoms with Crippen molar-refractivity contribution in [1.82, 2.24) is 10.1 Å². The van der Waals surface area contributed by atoms with E-state index >= 15 is 0 Å². The Morgan fingerprint density at radius 3 is 2.70 bits per heavy atom. The molecule has 0 aliphatic carbocycles. The molecule has 0 spiro atoms. The molecular weight excluding hydrogens is 344 g/mol. The van der Waals surface area contributed by atoms with E-state index in [1.165, 1.54) is 5.56 Å². The molecule has 2 atom stereocenters. The van der Waals surface area contributed by atoms with Crippen molar-refractivity contribution in [2.24, 2.45) is 5.41 Å². The zero-order chi connectivity index (χ0) is 19.4. The number of aliphatic carboxylic acids is 1. The molecule has 6 heteroatoms. The second-order valence-corrected chi connectivity index (χ2v) is 7.62. The van der Waals surface area contributed by atoms with E-state index in [2.05, 4.69) is 22.2 Å². The molecule has 146 valence electrons. The summed E-state index contributed by atoms with van der Waals surface area (Å²) in [6.07, 6.45) is 1.63. The van der Waals surface area contributed by atoms with Gasteiger partial charge in [-0.05, 0) is 45.1 Å². The van der Waals surface area contributed by atoms with Crippen LogP contribution in [0.4, 0.5) is 0 Å². The quantitative estimate of drug-likeness (QED) is 0.777. The number of rotatable bonds is 7. The Balaban J connectivity index is 1.70. The van der Waals surface area contributed by atoms with Crippen molar-refractivity contribution in [1.29, 1.82) is 0 Å². The summed E-state index contributed by atoms with van der Waals surface area (Å²) in [4.78, 5) is 14.3. The lowest BCUT2D eigenvalue weighted by molar-refractivity contribution is -0.164. The van der Waals surface area contributed by atoms with Crippen LogP contribution >= 0.6 is 0 Å². The lowest BCUT2D eigenvalue weighted by Gasteiger charge is -2.43. The first-order valence-corrected chi connectivity index (χ1v) is 9.52. The molecule has 1 aliphatic heterocycles. The Labute approximate surface area is 159 Å². The largest absolute Gasteiger partial charge is 0.481 e. The second-order valence-electron chi connectivity index (χ2n) is 7.62. The van der Waals surface area contributed by atoms with Crippen LogP contribution in [0.1, 0.15) is 41.8 Å². The lowest BCUT2D eigenvalue weighted by Crippen LogP contribution is -2.55. The van der Waals surface area contributed by atoms with Crippen molar-refractivity contribution in [2.45, 2.75) is 52.2 Å². The summed E-state index contributed by atoms with van der Waals surface area (Å²) < 4.78 is 5.23. The van der Waals surface area contributed by atoms with Crippen LogP contribution in [0.5, 0.6) is 0 Å². The number of hydrogen-bond donors (Lipinski definition) is 2. The van der Waals surface area contributed by atoms with Gasteiger partial charge in [-0.15, -0.1) is 0 Å². The Morgan fingerprint density at radius 2 is 2.07 bits per heavy atom. The van der Waals surface area contributed by atoms with Crippen LogP contribution in [0.3, 0.4) is 0 Å². The Kier molecular flexibility index (Phi) is 5.97. The van der Waals surface area contributed by atoms with Crippen LogP contribution in [0.2, 0.25) is 0 Å². The second kappa shape index (κ2) is 8.23. The summed E-state index contributed by atoms with van der Waals surface area (Å²) in [5, 5.41) is 24.6. The third kappa shape index (κ3) is 4.22. The van der Waals surface area contributed by atoms with Crippen molar-refractivity contribution in [2.75, 3.05) is 13.1 Å². The molecule has 2 heterocycles. The average molecular weight is 372 g/mol. The van der Waals surface area contributed by atoms with Gasteiger partial charge in [0, 0.05) is 25.2 Å². The van der Waals surface area contributed by atoms with Crippen LogP contribution < -0.4 is 0 Å². The molecule has 0 saturated carbocycles. The highest BCUT2D eigenvalue weighted by Crippen LogP contribution is 2.37. The summed E-state index contributed by atoms with van der Waals surface area (Å²) >= 11 is 0. The highest BCUT2D eigenvalue weighted by atomic mass is 16.5. The number of aliphatic hydroxyl groups is 1. The average Bonchev–Trinajstić information content (AvgIpc) is 2.97. The van der Waals surface area contributed by atoms with E-state index in [0.29, 0.717) is 32.5 Å². The molecule has 6 nitrogen and oxygen atoms in total. The van der Waals surface area contributed by atoms with Crippen LogP contribution in [0.25, 0.3) is 0 Å². The highest BCUT2D eigenvalue weighted by Gasteiger charge is 2.48. The summed E-state index contributed by atoms with van der Waals surface area (Å²) in [6.45, 7) is 5.37. The van der Waals surface area contributed by atoms with E-state index in [1.807, 2.05) is 32.0 Å². The molecule has 2 N–H and O–H groups in total. The molecule has 0 bridgehead atoms. The number of nitrogens with zero attached hydrogens (tertiary/aromatic N) is 2. The van der Waals surface area contributed by atoms with Gasteiger partial charge in [0.15, 0.2) is 0 Å². The minimum atomic E-state index is -1.13. The molecule has 0 radical (unpaired) electrons. The molecule has 1 aromatic heterocycles. The van der Waals surface area contributed by atoms with Crippen LogP contribution in [0.15, 0.2) is 34.9 Å². The predicted octanol–water partition coefficient (Wildman–Crippen LogP) is 2.95. The summed E-state index contributed by atoms with van der Waals surface area (Å²) in [7, 11) is 0. The van der Waals surface area contributed by atoms with Gasteiger partial charge < -0.3 is 14.7 Å². The molecular formula is C21H28N2O4. The molecule has 1 saturated heterocycles. The van der Waals surface area contributed by atoms with E-state index in [9.17, 15) is 15.0 Å². The fourth-order valence-electron chi connectivity index (χ4n) is 4.07. The number of carboxylic acid groups (broad SMARTS) is 1. The molecule has 2 aromatic rings. The van der Waals surface area contributed by atoms with Crippen molar-refractivity contribution in [3.63, 3.8) is 0 Å². The van der Waals surface area contributed by atoms with Gasteiger partial charge in [-0.1, -0.05) is 35.5 Å². The van der Waals surface area contributed by atoms with E-state index in [1.54, 1.807) is 0 Å². The summed E-state index contributed by atoms with van der Waals surface area (Å²) in [5.41, 5.74) is 1.90. The maximum absolute atomic E-state index is 12.2. The van der Waals surface area contributed by atoms with E-state index < -0.39 is 17.5 Å². The Morgan fingerprint density at radius 1 is 1.33 bits per heavy atom. The van der Waals surface area contributed by atoms with Crippen molar-refractivity contribution < 1.29 is 19.5 Å². The minimum Gasteiger partial charge on any atom is -0.481 e. The molecule has 3 rings (SSSR count). The molecule has 1 aromatic carbocycles. The van der Waals surface area contributed by atoms with E-state index in [0.717, 1.165) is 29.9 Å². The monoisotopic (exact) mass is 372 g/mol. The van der Waals surface area contributed by atoms with E-state index in [-0.39, 0.29) is 0 Å². The van der Waals surface area contributed by atoms with Gasteiger partial charge in [-0.3, -0.25) is 9.69 Å². The van der Waals surface area contributed by atoms with Gasteiger partial charge in [-0.25, -0.2) is 0 Å². The Hall–Kier alpha value is -2.18. The third-order valence-electron chi connectivity index (χ3n) is 5.78. The van der Waals surface area contributed by atoms with Gasteiger partial charge >= 0.3 is 5.97 Å². The highest BCUT2D eigenvalue weighted by molar-refractivity contribution is 5.76. The predicted molar refractivity (Wildman–Crippen MR) is 101 cm³/mol. The van der Waals surface area contributed by atoms with Gasteiger partial charge in [0.05, 0.1) is 11.8 Å². The van der Waals surface area contributed by atoms with Crippen LogP contribution in [-0.2, 0) is 17.8 Å².